The first-order chi connectivity index (χ1) is 7.48. The zero-order valence-electron chi connectivity index (χ0n) is 10.6. The predicted molar refractivity (Wildman–Crippen MR) is 70.0 cm³/mol. The Bertz CT molecular complexity index is 348. The third kappa shape index (κ3) is 2.94. The standard InChI is InChI=1S/C14H22N2/c1-11(2)10-13(16-15)14(3,4)12-8-6-5-7-9-12/h5-10,13,16H,15H2,1-4H3. The first-order valence-corrected chi connectivity index (χ1v) is 5.65. The van der Waals surface area contributed by atoms with Gasteiger partial charge in [0.15, 0.2) is 0 Å². The average Bonchev–Trinajstić information content (AvgIpc) is 2.26. The van der Waals surface area contributed by atoms with Gasteiger partial charge in [0.1, 0.15) is 0 Å². The van der Waals surface area contributed by atoms with Crippen molar-refractivity contribution in [3.63, 3.8) is 0 Å². The molecule has 1 atom stereocenters. The SMILES string of the molecule is CC(C)=CC(NN)C(C)(C)c1ccccc1. The lowest BCUT2D eigenvalue weighted by molar-refractivity contribution is 0.398. The average molecular weight is 218 g/mol. The molecule has 1 aromatic rings. The molecule has 0 saturated carbocycles. The van der Waals surface area contributed by atoms with Gasteiger partial charge >= 0.3 is 0 Å². The molecule has 0 aromatic heterocycles. The third-order valence-electron chi connectivity index (χ3n) is 2.97. The van der Waals surface area contributed by atoms with Crippen LogP contribution >= 0.6 is 0 Å². The lowest BCUT2D eigenvalue weighted by Gasteiger charge is -2.33. The van der Waals surface area contributed by atoms with E-state index >= 15 is 0 Å². The van der Waals surface area contributed by atoms with Gasteiger partial charge in [-0.15, -0.1) is 0 Å². The molecule has 0 saturated heterocycles. The van der Waals surface area contributed by atoms with Gasteiger partial charge in [0, 0.05) is 11.5 Å². The quantitative estimate of drug-likeness (QED) is 0.463. The van der Waals surface area contributed by atoms with Crippen LogP contribution in [0.25, 0.3) is 0 Å². The number of hydrazine groups is 1. The molecule has 0 spiro atoms. The molecular formula is C14H22N2. The molecular weight excluding hydrogens is 196 g/mol. The van der Waals surface area contributed by atoms with Crippen LogP contribution in [0.5, 0.6) is 0 Å². The monoisotopic (exact) mass is 218 g/mol. The van der Waals surface area contributed by atoms with Crippen LogP contribution in [0.2, 0.25) is 0 Å². The van der Waals surface area contributed by atoms with Crippen molar-refractivity contribution in [3.05, 3.63) is 47.5 Å². The first kappa shape index (κ1) is 12.9. The Kier molecular flexibility index (Phi) is 4.27. The van der Waals surface area contributed by atoms with Crippen molar-refractivity contribution < 1.29 is 0 Å². The van der Waals surface area contributed by atoms with E-state index in [0.717, 1.165) is 0 Å². The molecule has 2 nitrogen and oxygen atoms in total. The summed E-state index contributed by atoms with van der Waals surface area (Å²) >= 11 is 0. The van der Waals surface area contributed by atoms with Gasteiger partial charge in [-0.1, -0.05) is 55.8 Å². The molecule has 0 aliphatic heterocycles. The van der Waals surface area contributed by atoms with Crippen LogP contribution in [0.15, 0.2) is 42.0 Å². The van der Waals surface area contributed by atoms with Crippen LogP contribution in [0.1, 0.15) is 33.3 Å². The van der Waals surface area contributed by atoms with Gasteiger partial charge in [-0.25, -0.2) is 0 Å². The van der Waals surface area contributed by atoms with E-state index in [9.17, 15) is 0 Å². The van der Waals surface area contributed by atoms with Crippen molar-refractivity contribution in [2.75, 3.05) is 0 Å². The van der Waals surface area contributed by atoms with E-state index in [1.54, 1.807) is 0 Å². The summed E-state index contributed by atoms with van der Waals surface area (Å²) in [7, 11) is 0. The molecule has 0 bridgehead atoms. The molecule has 2 heteroatoms. The molecule has 3 N–H and O–H groups in total. The van der Waals surface area contributed by atoms with Crippen LogP contribution in [0.4, 0.5) is 0 Å². The Morgan fingerprint density at radius 2 is 1.81 bits per heavy atom. The minimum Gasteiger partial charge on any atom is -0.271 e. The minimum atomic E-state index is -0.0206. The second-order valence-corrected chi connectivity index (χ2v) is 4.98. The van der Waals surface area contributed by atoms with Crippen molar-refractivity contribution in [3.8, 4) is 0 Å². The molecule has 88 valence electrons. The third-order valence-corrected chi connectivity index (χ3v) is 2.97. The fourth-order valence-electron chi connectivity index (χ4n) is 1.85. The van der Waals surface area contributed by atoms with Crippen LogP contribution in [-0.2, 0) is 5.41 Å². The summed E-state index contributed by atoms with van der Waals surface area (Å²) in [6.45, 7) is 8.58. The number of hydrogen-bond donors (Lipinski definition) is 2. The molecule has 0 aliphatic carbocycles. The van der Waals surface area contributed by atoms with Gasteiger partial charge in [0.2, 0.25) is 0 Å². The van der Waals surface area contributed by atoms with Crippen LogP contribution in [0, 0.1) is 0 Å². The maximum Gasteiger partial charge on any atom is 0.0484 e. The molecule has 0 radical (unpaired) electrons. The van der Waals surface area contributed by atoms with E-state index in [2.05, 4.69) is 63.5 Å². The van der Waals surface area contributed by atoms with E-state index in [1.807, 2.05) is 6.07 Å². The van der Waals surface area contributed by atoms with Crippen LogP contribution < -0.4 is 11.3 Å². The van der Waals surface area contributed by atoms with E-state index in [0.29, 0.717) is 0 Å². The number of rotatable bonds is 4. The van der Waals surface area contributed by atoms with Gasteiger partial charge in [0.25, 0.3) is 0 Å². The zero-order valence-corrected chi connectivity index (χ0v) is 10.6. The topological polar surface area (TPSA) is 38.0 Å². The highest BCUT2D eigenvalue weighted by atomic mass is 15.2. The van der Waals surface area contributed by atoms with Gasteiger partial charge in [-0.05, 0) is 19.4 Å². The largest absolute Gasteiger partial charge is 0.271 e. The smallest absolute Gasteiger partial charge is 0.0484 e. The molecule has 0 amide bonds. The van der Waals surface area contributed by atoms with Crippen LogP contribution in [-0.4, -0.2) is 6.04 Å². The summed E-state index contributed by atoms with van der Waals surface area (Å²) in [5.41, 5.74) is 5.43. The summed E-state index contributed by atoms with van der Waals surface area (Å²) in [5.74, 6) is 5.65. The second kappa shape index (κ2) is 5.28. The molecule has 16 heavy (non-hydrogen) atoms. The fraction of sp³-hybridized carbons (Fsp3) is 0.429. The Hall–Kier alpha value is -1.12. The molecule has 0 heterocycles. The number of benzene rings is 1. The van der Waals surface area contributed by atoms with Crippen molar-refractivity contribution >= 4 is 0 Å². The Balaban J connectivity index is 3.04. The molecule has 1 aromatic carbocycles. The molecule has 0 aliphatic rings. The van der Waals surface area contributed by atoms with E-state index in [1.165, 1.54) is 11.1 Å². The van der Waals surface area contributed by atoms with Crippen molar-refractivity contribution in [2.24, 2.45) is 5.84 Å². The highest BCUT2D eigenvalue weighted by Crippen LogP contribution is 2.27. The summed E-state index contributed by atoms with van der Waals surface area (Å²) in [6.07, 6.45) is 2.17. The Morgan fingerprint density at radius 3 is 2.25 bits per heavy atom. The van der Waals surface area contributed by atoms with E-state index in [4.69, 9.17) is 5.84 Å². The predicted octanol–water partition coefficient (Wildman–Crippen LogP) is 2.76. The number of nitrogens with one attached hydrogen (secondary N) is 1. The van der Waals surface area contributed by atoms with E-state index in [-0.39, 0.29) is 11.5 Å². The van der Waals surface area contributed by atoms with Crippen LogP contribution in [0.3, 0.4) is 0 Å². The van der Waals surface area contributed by atoms with Gasteiger partial charge in [0.05, 0.1) is 0 Å². The Morgan fingerprint density at radius 1 is 1.25 bits per heavy atom. The molecule has 1 unspecified atom stereocenters. The van der Waals surface area contributed by atoms with Gasteiger partial charge in [-0.3, -0.25) is 11.3 Å². The molecule has 1 rings (SSSR count). The van der Waals surface area contributed by atoms with Gasteiger partial charge < -0.3 is 0 Å². The number of nitrogens with two attached hydrogens (primary N) is 1. The summed E-state index contributed by atoms with van der Waals surface area (Å²) in [6, 6.07) is 10.6. The summed E-state index contributed by atoms with van der Waals surface area (Å²) in [5, 5.41) is 0. The van der Waals surface area contributed by atoms with Crippen molar-refractivity contribution in [1.29, 1.82) is 0 Å². The second-order valence-electron chi connectivity index (χ2n) is 4.98. The minimum absolute atomic E-state index is 0.0206. The lowest BCUT2D eigenvalue weighted by Crippen LogP contribution is -2.47. The number of allylic oxidation sites excluding steroid dienone is 1. The highest BCUT2D eigenvalue weighted by Gasteiger charge is 2.28. The lowest BCUT2D eigenvalue weighted by atomic mass is 9.77. The number of hydrogen-bond acceptors (Lipinski definition) is 2. The normalized spacial score (nSPS) is 13.3. The fourth-order valence-corrected chi connectivity index (χ4v) is 1.85. The van der Waals surface area contributed by atoms with E-state index < -0.39 is 0 Å². The summed E-state index contributed by atoms with van der Waals surface area (Å²) < 4.78 is 0. The highest BCUT2D eigenvalue weighted by molar-refractivity contribution is 5.28. The summed E-state index contributed by atoms with van der Waals surface area (Å²) in [4.78, 5) is 0. The van der Waals surface area contributed by atoms with Gasteiger partial charge in [-0.2, -0.15) is 0 Å². The van der Waals surface area contributed by atoms with Crippen molar-refractivity contribution in [1.82, 2.24) is 5.43 Å². The molecule has 0 fully saturated rings. The Labute approximate surface area is 98.5 Å². The maximum absolute atomic E-state index is 5.65. The first-order valence-electron chi connectivity index (χ1n) is 5.65. The zero-order chi connectivity index (χ0) is 12.2. The van der Waals surface area contributed by atoms with Crippen molar-refractivity contribution in [2.45, 2.75) is 39.2 Å². The maximum atomic E-state index is 5.65.